The molecule has 16 nitrogen and oxygen atoms in total. The molecule has 0 radical (unpaired) electrons. The second-order valence-electron chi connectivity index (χ2n) is 24.4. The van der Waals surface area contributed by atoms with Crippen LogP contribution in [0.5, 0.6) is 0 Å². The minimum absolute atomic E-state index is 0.0873. The summed E-state index contributed by atoms with van der Waals surface area (Å²) in [6, 6.07) is 0. The summed E-state index contributed by atoms with van der Waals surface area (Å²) in [6.07, 6.45) is 80.9. The average molecular weight is 1380 g/mol. The van der Waals surface area contributed by atoms with E-state index in [-0.39, 0.29) is 19.3 Å². The lowest BCUT2D eigenvalue weighted by Gasteiger charge is -2.21. The van der Waals surface area contributed by atoms with Crippen molar-refractivity contribution in [2.24, 2.45) is 0 Å². The minimum atomic E-state index is -4.94. The van der Waals surface area contributed by atoms with Crippen LogP contribution in [-0.2, 0) is 55.8 Å². The average Bonchev–Trinajstić information content (AvgIpc) is 1.94. The standard InChI is InChI=1S/C77H132O16P2/c1-4-7-10-13-16-19-22-25-28-31-33-34-35-36-38-41-42-45-48-51-54-57-60-63-75(80)87-66-72(78)67-89-94(83,84)90-68-73(79)69-91-95(85,86)92-71-74(93-77(82)65-62-59-56-53-50-47-44-39-30-27-24-21-18-15-12-9-6-3)70-88-76(81)64-61-58-55-52-49-46-43-40-37-32-29-26-23-20-17-14-11-8-5-2/h9,12,16-21,25-30,33-34,36-38,40,72-74,78-79H,4-8,10-11,13-15,22-24,31-32,35,39,41-71H2,1-3H3,(H,83,84)(H,85,86)/b12-9-,19-16-,20-17-,21-18-,28-25-,29-26-,30-27-,34-33-,38-36-,40-37-. The summed E-state index contributed by atoms with van der Waals surface area (Å²) in [5.74, 6) is -1.61. The third-order valence-corrected chi connectivity index (χ3v) is 17.0. The van der Waals surface area contributed by atoms with Gasteiger partial charge in [-0.2, -0.15) is 0 Å². The SMILES string of the molecule is CC/C=C\C/C=C\C/C=C\CCCCCCCCCC(=O)OC(COC(=O)CCCCCCCC/C=C\C/C=C\C/C=C\CCCCC)COP(=O)(O)OCC(O)COP(=O)(O)OCC(O)COC(=O)CCCCCCCCC/C=C\C/C=C\C/C=C\C/C=C\CCCCC. The fraction of sp³-hybridized carbons (Fsp3) is 0.701. The van der Waals surface area contributed by atoms with Crippen LogP contribution >= 0.6 is 15.6 Å². The first kappa shape index (κ1) is 91.0. The second-order valence-corrected chi connectivity index (χ2v) is 27.3. The molecule has 0 aliphatic heterocycles. The van der Waals surface area contributed by atoms with Crippen molar-refractivity contribution in [2.75, 3.05) is 39.6 Å². The number of ether oxygens (including phenoxy) is 3. The van der Waals surface area contributed by atoms with Gasteiger partial charge in [-0.1, -0.05) is 258 Å². The number of allylic oxidation sites excluding steroid dienone is 20. The first-order valence-electron chi connectivity index (χ1n) is 36.8. The molecule has 0 aliphatic carbocycles. The number of hydrogen-bond donors (Lipinski definition) is 4. The van der Waals surface area contributed by atoms with Gasteiger partial charge in [0.05, 0.1) is 26.4 Å². The first-order chi connectivity index (χ1) is 46.2. The van der Waals surface area contributed by atoms with Crippen LogP contribution in [0.4, 0.5) is 0 Å². The number of aliphatic hydroxyl groups excluding tert-OH is 2. The first-order valence-corrected chi connectivity index (χ1v) is 39.8. The number of phosphoric ester groups is 2. The molecule has 0 aliphatic rings. The molecule has 0 heterocycles. The summed E-state index contributed by atoms with van der Waals surface area (Å²) in [7, 11) is -9.80. The number of hydrogen-bond acceptors (Lipinski definition) is 14. The molecular formula is C77H132O16P2. The lowest BCUT2D eigenvalue weighted by atomic mass is 10.1. The van der Waals surface area contributed by atoms with E-state index in [4.69, 9.17) is 32.3 Å². The van der Waals surface area contributed by atoms with Gasteiger partial charge in [-0.25, -0.2) is 9.13 Å². The van der Waals surface area contributed by atoms with Gasteiger partial charge in [0, 0.05) is 19.3 Å². The largest absolute Gasteiger partial charge is 0.472 e. The van der Waals surface area contributed by atoms with Crippen LogP contribution in [0, 0.1) is 0 Å². The van der Waals surface area contributed by atoms with E-state index in [1.807, 2.05) is 0 Å². The van der Waals surface area contributed by atoms with Crippen molar-refractivity contribution in [3.8, 4) is 0 Å². The van der Waals surface area contributed by atoms with Gasteiger partial charge >= 0.3 is 33.6 Å². The lowest BCUT2D eigenvalue weighted by molar-refractivity contribution is -0.161. The van der Waals surface area contributed by atoms with Crippen molar-refractivity contribution in [2.45, 2.75) is 309 Å². The van der Waals surface area contributed by atoms with Crippen LogP contribution in [0.3, 0.4) is 0 Å². The molecule has 0 spiro atoms. The predicted molar refractivity (Wildman–Crippen MR) is 390 cm³/mol. The Labute approximate surface area is 576 Å². The number of carbonyl (C=O) groups excluding carboxylic acids is 3. The molecule has 5 unspecified atom stereocenters. The Morgan fingerprint density at radius 1 is 0.305 bits per heavy atom. The molecule has 546 valence electrons. The molecule has 0 fully saturated rings. The summed E-state index contributed by atoms with van der Waals surface area (Å²) in [5.41, 5.74) is 0. The van der Waals surface area contributed by atoms with Gasteiger partial charge in [0.15, 0.2) is 6.10 Å². The van der Waals surface area contributed by atoms with Gasteiger partial charge in [0.2, 0.25) is 0 Å². The number of carbonyl (C=O) groups is 3. The Morgan fingerprint density at radius 2 is 0.558 bits per heavy atom. The molecule has 18 heteroatoms. The Balaban J connectivity index is 4.68. The van der Waals surface area contributed by atoms with Crippen LogP contribution in [0.1, 0.15) is 290 Å². The quantitative estimate of drug-likeness (QED) is 0.0146. The van der Waals surface area contributed by atoms with Crippen molar-refractivity contribution in [1.82, 2.24) is 0 Å². The van der Waals surface area contributed by atoms with Gasteiger partial charge in [0.25, 0.3) is 0 Å². The molecule has 0 aromatic heterocycles. The molecule has 0 amide bonds. The van der Waals surface area contributed by atoms with Crippen LogP contribution in [-0.4, -0.2) is 95.9 Å². The highest BCUT2D eigenvalue weighted by molar-refractivity contribution is 7.47. The maximum absolute atomic E-state index is 13.0. The maximum atomic E-state index is 13.0. The fourth-order valence-corrected chi connectivity index (χ4v) is 11.1. The van der Waals surface area contributed by atoms with Crippen molar-refractivity contribution < 1.29 is 75.8 Å². The van der Waals surface area contributed by atoms with E-state index >= 15 is 0 Å². The predicted octanol–water partition coefficient (Wildman–Crippen LogP) is 21.0. The van der Waals surface area contributed by atoms with Crippen LogP contribution < -0.4 is 0 Å². The summed E-state index contributed by atoms with van der Waals surface area (Å²) in [6.45, 7) is 2.47. The second kappa shape index (κ2) is 69.8. The topological polar surface area (TPSA) is 231 Å². The van der Waals surface area contributed by atoms with E-state index in [0.29, 0.717) is 19.3 Å². The number of aliphatic hydroxyl groups is 2. The Bertz CT molecular complexity index is 2210. The minimum Gasteiger partial charge on any atom is -0.463 e. The Morgan fingerprint density at radius 3 is 0.884 bits per heavy atom. The van der Waals surface area contributed by atoms with Gasteiger partial charge in [-0.05, 0) is 135 Å². The van der Waals surface area contributed by atoms with Crippen molar-refractivity contribution in [3.63, 3.8) is 0 Å². The summed E-state index contributed by atoms with van der Waals surface area (Å²) < 4.78 is 61.0. The van der Waals surface area contributed by atoms with Gasteiger partial charge in [0.1, 0.15) is 25.4 Å². The van der Waals surface area contributed by atoms with Crippen LogP contribution in [0.15, 0.2) is 122 Å². The third kappa shape index (κ3) is 71.1. The zero-order chi connectivity index (χ0) is 69.5. The highest BCUT2D eigenvalue weighted by Crippen LogP contribution is 2.45. The maximum Gasteiger partial charge on any atom is 0.472 e. The molecular weight excluding hydrogens is 1240 g/mol. The highest BCUT2D eigenvalue weighted by atomic mass is 31.2. The van der Waals surface area contributed by atoms with Crippen LogP contribution in [0.2, 0.25) is 0 Å². The van der Waals surface area contributed by atoms with E-state index in [2.05, 4.69) is 142 Å². The number of rotatable bonds is 69. The zero-order valence-electron chi connectivity index (χ0n) is 59.3. The van der Waals surface area contributed by atoms with E-state index in [1.165, 1.54) is 44.9 Å². The molecule has 0 aromatic carbocycles. The molecule has 95 heavy (non-hydrogen) atoms. The molecule has 4 N–H and O–H groups in total. The molecule has 0 rings (SSSR count). The Hall–Kier alpha value is -4.05. The lowest BCUT2D eigenvalue weighted by Crippen LogP contribution is -2.30. The van der Waals surface area contributed by atoms with E-state index in [9.17, 15) is 43.5 Å². The molecule has 0 saturated carbocycles. The van der Waals surface area contributed by atoms with Crippen molar-refractivity contribution >= 4 is 33.6 Å². The molecule has 5 atom stereocenters. The van der Waals surface area contributed by atoms with Crippen molar-refractivity contribution in [1.29, 1.82) is 0 Å². The van der Waals surface area contributed by atoms with Gasteiger partial charge in [-0.15, -0.1) is 0 Å². The van der Waals surface area contributed by atoms with E-state index < -0.39 is 91.5 Å². The highest BCUT2D eigenvalue weighted by Gasteiger charge is 2.29. The molecule has 0 saturated heterocycles. The monoisotopic (exact) mass is 1370 g/mol. The van der Waals surface area contributed by atoms with E-state index in [0.717, 1.165) is 186 Å². The van der Waals surface area contributed by atoms with Crippen molar-refractivity contribution in [3.05, 3.63) is 122 Å². The third-order valence-electron chi connectivity index (χ3n) is 15.1. The van der Waals surface area contributed by atoms with Gasteiger partial charge in [-0.3, -0.25) is 32.5 Å². The Kier molecular flexibility index (Phi) is 66.9. The number of esters is 3. The van der Waals surface area contributed by atoms with Crippen LogP contribution in [0.25, 0.3) is 0 Å². The smallest absolute Gasteiger partial charge is 0.463 e. The summed E-state index contributed by atoms with van der Waals surface area (Å²) >= 11 is 0. The zero-order valence-corrected chi connectivity index (χ0v) is 61.1. The number of unbranched alkanes of at least 4 members (excludes halogenated alkanes) is 26. The molecule has 0 bridgehead atoms. The summed E-state index contributed by atoms with van der Waals surface area (Å²) in [4.78, 5) is 58.5. The fourth-order valence-electron chi connectivity index (χ4n) is 9.52. The van der Waals surface area contributed by atoms with Gasteiger partial charge < -0.3 is 34.2 Å². The normalized spacial score (nSPS) is 14.8. The van der Waals surface area contributed by atoms with E-state index in [1.54, 1.807) is 0 Å². The number of phosphoric acid groups is 2. The summed E-state index contributed by atoms with van der Waals surface area (Å²) in [5, 5.41) is 20.6. The molecule has 0 aromatic rings.